The molecule has 8 heteroatoms. The molecule has 2 heterocycles. The lowest BCUT2D eigenvalue weighted by molar-refractivity contribution is 0.0692. The second-order valence-corrected chi connectivity index (χ2v) is 5.90. The second-order valence-electron chi connectivity index (χ2n) is 4.90. The van der Waals surface area contributed by atoms with Crippen LogP contribution in [-0.4, -0.2) is 27.1 Å². The van der Waals surface area contributed by atoms with Crippen molar-refractivity contribution in [3.8, 4) is 10.6 Å². The van der Waals surface area contributed by atoms with Crippen molar-refractivity contribution in [2.45, 2.75) is 6.61 Å². The smallest absolute Gasteiger partial charge is 0.413 e. The molecule has 25 heavy (non-hydrogen) atoms. The summed E-state index contributed by atoms with van der Waals surface area (Å²) in [4.78, 5) is 31.7. The number of aromatic carboxylic acids is 1. The Balaban J connectivity index is 1.72. The molecule has 0 saturated carbocycles. The predicted octanol–water partition coefficient (Wildman–Crippen LogP) is 3.65. The van der Waals surface area contributed by atoms with Gasteiger partial charge in [0.05, 0.1) is 10.6 Å². The number of nitrogens with zero attached hydrogens (tertiary/aromatic N) is 2. The molecule has 1 aromatic carbocycles. The summed E-state index contributed by atoms with van der Waals surface area (Å²) in [6.07, 6.45) is 0.851. The summed E-state index contributed by atoms with van der Waals surface area (Å²) in [5.41, 5.74) is 1.15. The Bertz CT molecular complexity index is 881. The number of hydrogen-bond donors (Lipinski definition) is 2. The lowest BCUT2D eigenvalue weighted by atomic mass is 10.2. The fourth-order valence-corrected chi connectivity index (χ4v) is 2.96. The quantitative estimate of drug-likeness (QED) is 0.724. The molecule has 0 saturated heterocycles. The third-order valence-electron chi connectivity index (χ3n) is 3.15. The largest absolute Gasteiger partial charge is 0.476 e. The number of hydrogen-bond acceptors (Lipinski definition) is 6. The van der Waals surface area contributed by atoms with Gasteiger partial charge in [0.1, 0.15) is 6.61 Å². The Morgan fingerprint density at radius 2 is 1.88 bits per heavy atom. The van der Waals surface area contributed by atoms with E-state index >= 15 is 0 Å². The van der Waals surface area contributed by atoms with Crippen molar-refractivity contribution in [3.05, 3.63) is 66.0 Å². The zero-order valence-electron chi connectivity index (χ0n) is 12.9. The minimum absolute atomic E-state index is 0.108. The summed E-state index contributed by atoms with van der Waals surface area (Å²) < 4.78 is 5.10. The number of carboxylic acid groups (broad SMARTS) is 1. The zero-order chi connectivity index (χ0) is 17.6. The van der Waals surface area contributed by atoms with Gasteiger partial charge in [-0.15, -0.1) is 0 Å². The number of ether oxygens (including phenoxy) is 1. The standard InChI is InChI=1S/C17H13N3O4S/c21-15(22)13-14(12-8-4-5-9-18-12)25-16(19-13)20-17(23)24-10-11-6-2-1-3-7-11/h1-9H,10H2,(H,21,22)(H,19,20,23). The number of aromatic nitrogens is 2. The topological polar surface area (TPSA) is 101 Å². The van der Waals surface area contributed by atoms with Gasteiger partial charge in [-0.05, 0) is 17.7 Å². The van der Waals surface area contributed by atoms with E-state index in [1.165, 1.54) is 0 Å². The van der Waals surface area contributed by atoms with E-state index in [1.807, 2.05) is 30.3 Å². The lowest BCUT2D eigenvalue weighted by Gasteiger charge is -2.04. The van der Waals surface area contributed by atoms with Gasteiger partial charge in [-0.25, -0.2) is 14.6 Å². The molecule has 0 bridgehead atoms. The monoisotopic (exact) mass is 355 g/mol. The molecule has 126 valence electrons. The van der Waals surface area contributed by atoms with Crippen LogP contribution < -0.4 is 5.32 Å². The molecule has 0 aliphatic carbocycles. The lowest BCUT2D eigenvalue weighted by Crippen LogP contribution is -2.13. The van der Waals surface area contributed by atoms with Crippen molar-refractivity contribution in [1.29, 1.82) is 0 Å². The van der Waals surface area contributed by atoms with Gasteiger partial charge >= 0.3 is 12.1 Å². The van der Waals surface area contributed by atoms with Crippen molar-refractivity contribution in [2.24, 2.45) is 0 Å². The van der Waals surface area contributed by atoms with Gasteiger partial charge in [0.25, 0.3) is 0 Å². The number of rotatable bonds is 5. The molecule has 3 aromatic rings. The van der Waals surface area contributed by atoms with Gasteiger partial charge in [0.2, 0.25) is 0 Å². The fourth-order valence-electron chi connectivity index (χ4n) is 2.04. The van der Waals surface area contributed by atoms with Gasteiger partial charge in [0, 0.05) is 6.20 Å². The first-order chi connectivity index (χ1) is 12.1. The maximum absolute atomic E-state index is 11.9. The van der Waals surface area contributed by atoms with E-state index in [-0.39, 0.29) is 17.4 Å². The van der Waals surface area contributed by atoms with Crippen LogP contribution >= 0.6 is 11.3 Å². The Kier molecular flexibility index (Phi) is 5.00. The molecule has 0 radical (unpaired) electrons. The highest BCUT2D eigenvalue weighted by atomic mass is 32.1. The highest BCUT2D eigenvalue weighted by Gasteiger charge is 2.20. The molecule has 2 N–H and O–H groups in total. The average molecular weight is 355 g/mol. The van der Waals surface area contributed by atoms with E-state index in [4.69, 9.17) is 4.74 Å². The van der Waals surface area contributed by atoms with Crippen LogP contribution in [0, 0.1) is 0 Å². The number of pyridine rings is 1. The van der Waals surface area contributed by atoms with E-state index < -0.39 is 12.1 Å². The molecule has 0 aliphatic heterocycles. The zero-order valence-corrected chi connectivity index (χ0v) is 13.7. The van der Waals surface area contributed by atoms with Gasteiger partial charge in [-0.1, -0.05) is 47.7 Å². The number of amides is 1. The maximum Gasteiger partial charge on any atom is 0.413 e. The molecule has 1 amide bonds. The van der Waals surface area contributed by atoms with Crippen molar-refractivity contribution in [3.63, 3.8) is 0 Å². The molecule has 0 spiro atoms. The molecule has 0 fully saturated rings. The first kappa shape index (κ1) is 16.6. The number of carbonyl (C=O) groups excluding carboxylic acids is 1. The molecular weight excluding hydrogens is 342 g/mol. The molecule has 0 aliphatic rings. The Morgan fingerprint density at radius 1 is 1.12 bits per heavy atom. The molecule has 0 unspecified atom stereocenters. The third-order valence-corrected chi connectivity index (χ3v) is 4.14. The number of nitrogens with one attached hydrogen (secondary N) is 1. The predicted molar refractivity (Wildman–Crippen MR) is 92.6 cm³/mol. The highest BCUT2D eigenvalue weighted by Crippen LogP contribution is 2.31. The average Bonchev–Trinajstić information content (AvgIpc) is 3.06. The first-order valence-electron chi connectivity index (χ1n) is 7.26. The number of carbonyl (C=O) groups is 2. The summed E-state index contributed by atoms with van der Waals surface area (Å²) in [6.45, 7) is 0.108. The van der Waals surface area contributed by atoms with Crippen LogP contribution in [0.15, 0.2) is 54.7 Å². The van der Waals surface area contributed by atoms with Crippen molar-refractivity contribution < 1.29 is 19.4 Å². The van der Waals surface area contributed by atoms with Crippen molar-refractivity contribution in [1.82, 2.24) is 9.97 Å². The third kappa shape index (κ3) is 4.18. The SMILES string of the molecule is O=C(Nc1nc(C(=O)O)c(-c2ccccn2)s1)OCc1ccccc1. The van der Waals surface area contributed by atoms with Crippen LogP contribution in [-0.2, 0) is 11.3 Å². The number of thiazole rings is 1. The molecule has 0 atom stereocenters. The van der Waals surface area contributed by atoms with Crippen LogP contribution in [0.4, 0.5) is 9.93 Å². The minimum atomic E-state index is -1.19. The van der Waals surface area contributed by atoms with Crippen LogP contribution in [0.5, 0.6) is 0 Å². The summed E-state index contributed by atoms with van der Waals surface area (Å²) in [7, 11) is 0. The molecular formula is C17H13N3O4S. The van der Waals surface area contributed by atoms with Crippen molar-refractivity contribution in [2.75, 3.05) is 5.32 Å². The molecule has 2 aromatic heterocycles. The van der Waals surface area contributed by atoms with E-state index in [0.29, 0.717) is 10.6 Å². The highest BCUT2D eigenvalue weighted by molar-refractivity contribution is 7.19. The maximum atomic E-state index is 11.9. The fraction of sp³-hybridized carbons (Fsp3) is 0.0588. The summed E-state index contributed by atoms with van der Waals surface area (Å²) in [5.74, 6) is -1.19. The van der Waals surface area contributed by atoms with E-state index in [9.17, 15) is 14.7 Å². The van der Waals surface area contributed by atoms with Crippen LogP contribution in [0.3, 0.4) is 0 Å². The van der Waals surface area contributed by atoms with E-state index in [2.05, 4.69) is 15.3 Å². The number of benzene rings is 1. The van der Waals surface area contributed by atoms with E-state index in [1.54, 1.807) is 24.4 Å². The van der Waals surface area contributed by atoms with Crippen LogP contribution in [0.1, 0.15) is 16.1 Å². The number of anilines is 1. The second kappa shape index (κ2) is 7.54. The van der Waals surface area contributed by atoms with Gasteiger partial charge in [-0.2, -0.15) is 0 Å². The van der Waals surface area contributed by atoms with Crippen molar-refractivity contribution >= 4 is 28.5 Å². The van der Waals surface area contributed by atoms with Gasteiger partial charge in [-0.3, -0.25) is 10.3 Å². The Morgan fingerprint density at radius 3 is 2.56 bits per heavy atom. The van der Waals surface area contributed by atoms with Crippen LogP contribution in [0.2, 0.25) is 0 Å². The Labute approximate surface area is 147 Å². The van der Waals surface area contributed by atoms with Gasteiger partial charge < -0.3 is 9.84 Å². The Hall–Kier alpha value is -3.26. The van der Waals surface area contributed by atoms with Gasteiger partial charge in [0.15, 0.2) is 10.8 Å². The normalized spacial score (nSPS) is 10.2. The van der Waals surface area contributed by atoms with Crippen LogP contribution in [0.25, 0.3) is 10.6 Å². The summed E-state index contributed by atoms with van der Waals surface area (Å²) >= 11 is 1.02. The first-order valence-corrected chi connectivity index (χ1v) is 8.08. The van der Waals surface area contributed by atoms with E-state index in [0.717, 1.165) is 16.9 Å². The molecule has 3 rings (SSSR count). The molecule has 7 nitrogen and oxygen atoms in total. The number of carboxylic acids is 1. The summed E-state index contributed by atoms with van der Waals surface area (Å²) in [5, 5.41) is 11.9. The minimum Gasteiger partial charge on any atom is -0.476 e. The summed E-state index contributed by atoms with van der Waals surface area (Å²) in [6, 6.07) is 14.4.